The number of aliphatic imine (C=N–C) groups is 1. The first-order chi connectivity index (χ1) is 10.5. The van der Waals surface area contributed by atoms with Gasteiger partial charge < -0.3 is 16.8 Å². The molecule has 0 heterocycles. The summed E-state index contributed by atoms with van der Waals surface area (Å²) in [6, 6.07) is 15.7. The lowest BCUT2D eigenvalue weighted by molar-refractivity contribution is -0.114. The maximum atomic E-state index is 11.0. The third kappa shape index (κ3) is 4.94. The molecule has 5 nitrogen and oxygen atoms in total. The Morgan fingerprint density at radius 3 is 1.91 bits per heavy atom. The molecule has 5 N–H and O–H groups in total. The zero-order chi connectivity index (χ0) is 15.9. The number of amides is 1. The van der Waals surface area contributed by atoms with E-state index < -0.39 is 0 Å². The molecule has 0 saturated carbocycles. The number of nitrogens with zero attached hydrogens (tertiary/aromatic N) is 1. The molecule has 0 radical (unpaired) electrons. The topological polar surface area (TPSA) is 93.5 Å². The van der Waals surface area contributed by atoms with Crippen molar-refractivity contribution < 1.29 is 4.79 Å². The van der Waals surface area contributed by atoms with Crippen molar-refractivity contribution in [2.75, 3.05) is 5.32 Å². The summed E-state index contributed by atoms with van der Waals surface area (Å²) in [4.78, 5) is 15.0. The highest BCUT2D eigenvalue weighted by Gasteiger charge is 1.99. The Morgan fingerprint density at radius 2 is 1.45 bits per heavy atom. The fourth-order valence-corrected chi connectivity index (χ4v) is 2.13. The molecule has 0 unspecified atom stereocenters. The van der Waals surface area contributed by atoms with Crippen molar-refractivity contribution in [3.63, 3.8) is 0 Å². The van der Waals surface area contributed by atoms with E-state index in [1.807, 2.05) is 48.5 Å². The Morgan fingerprint density at radius 1 is 0.955 bits per heavy atom. The van der Waals surface area contributed by atoms with Crippen LogP contribution in [0, 0.1) is 0 Å². The zero-order valence-corrected chi connectivity index (χ0v) is 12.5. The maximum Gasteiger partial charge on any atom is 0.221 e. The van der Waals surface area contributed by atoms with E-state index in [1.165, 1.54) is 18.1 Å². The molecule has 0 aliphatic rings. The number of anilines is 1. The molecule has 1 amide bonds. The molecule has 0 aliphatic heterocycles. The van der Waals surface area contributed by atoms with Gasteiger partial charge in [0.05, 0.1) is 5.69 Å². The van der Waals surface area contributed by atoms with E-state index in [4.69, 9.17) is 11.5 Å². The Labute approximate surface area is 130 Å². The molecule has 0 aromatic heterocycles. The number of hydrogen-bond acceptors (Lipinski definition) is 2. The lowest BCUT2D eigenvalue weighted by Crippen LogP contribution is -2.21. The van der Waals surface area contributed by atoms with Crippen molar-refractivity contribution in [3.8, 4) is 0 Å². The minimum absolute atomic E-state index is 0.0615. The molecular weight excluding hydrogens is 276 g/mol. The van der Waals surface area contributed by atoms with E-state index in [2.05, 4.69) is 10.3 Å². The fraction of sp³-hybridized carbons (Fsp3) is 0.176. The van der Waals surface area contributed by atoms with Crippen LogP contribution in [0.3, 0.4) is 0 Å². The van der Waals surface area contributed by atoms with E-state index in [9.17, 15) is 4.79 Å². The number of nitrogens with two attached hydrogens (primary N) is 2. The molecule has 114 valence electrons. The Hall–Kier alpha value is -2.82. The van der Waals surface area contributed by atoms with Gasteiger partial charge in [-0.3, -0.25) is 4.79 Å². The normalized spacial score (nSPS) is 10.0. The zero-order valence-electron chi connectivity index (χ0n) is 12.5. The average molecular weight is 296 g/mol. The molecule has 0 fully saturated rings. The molecule has 0 bridgehead atoms. The second kappa shape index (κ2) is 7.26. The number of benzene rings is 2. The number of guanidine groups is 1. The van der Waals surface area contributed by atoms with Crippen LogP contribution in [0.1, 0.15) is 18.1 Å². The van der Waals surface area contributed by atoms with Crippen LogP contribution in [0.25, 0.3) is 0 Å². The molecule has 2 aromatic rings. The second-order valence-electron chi connectivity index (χ2n) is 5.08. The molecule has 22 heavy (non-hydrogen) atoms. The van der Waals surface area contributed by atoms with E-state index in [1.54, 1.807) is 0 Å². The number of carbonyl (C=O) groups is 1. The molecule has 0 aliphatic carbocycles. The quantitative estimate of drug-likeness (QED) is 0.584. The van der Waals surface area contributed by atoms with Gasteiger partial charge in [0.15, 0.2) is 5.96 Å². The average Bonchev–Trinajstić information content (AvgIpc) is 2.47. The highest BCUT2D eigenvalue weighted by Crippen LogP contribution is 2.15. The Balaban J connectivity index is 1.92. The number of hydrogen-bond donors (Lipinski definition) is 3. The smallest absolute Gasteiger partial charge is 0.221 e. The number of rotatable bonds is 5. The van der Waals surface area contributed by atoms with Gasteiger partial charge in [0, 0.05) is 12.6 Å². The third-order valence-electron chi connectivity index (χ3n) is 3.17. The molecule has 0 atom stereocenters. The Bertz CT molecular complexity index is 656. The van der Waals surface area contributed by atoms with E-state index in [0.29, 0.717) is 0 Å². The molecule has 2 aromatic carbocycles. The molecule has 5 heteroatoms. The minimum atomic E-state index is -0.0615. The van der Waals surface area contributed by atoms with Gasteiger partial charge in [0.25, 0.3) is 0 Å². The summed E-state index contributed by atoms with van der Waals surface area (Å²) in [5.41, 5.74) is 14.7. The standard InChI is InChI=1S/C17H20N4O/c1-12(22)20-15-8-4-13(5-9-15)2-3-14-6-10-16(11-7-14)21-17(18)19/h4-11H,2-3H2,1H3,(H,20,22)(H4,18,19,21). The van der Waals surface area contributed by atoms with Crippen LogP contribution in [-0.4, -0.2) is 11.9 Å². The first kappa shape index (κ1) is 15.6. The second-order valence-corrected chi connectivity index (χ2v) is 5.08. The van der Waals surface area contributed by atoms with Gasteiger partial charge in [0.2, 0.25) is 5.91 Å². The van der Waals surface area contributed by atoms with Crippen molar-refractivity contribution in [3.05, 3.63) is 59.7 Å². The highest BCUT2D eigenvalue weighted by atomic mass is 16.1. The van der Waals surface area contributed by atoms with E-state index in [0.717, 1.165) is 24.2 Å². The van der Waals surface area contributed by atoms with Gasteiger partial charge >= 0.3 is 0 Å². The summed E-state index contributed by atoms with van der Waals surface area (Å²) < 4.78 is 0. The summed E-state index contributed by atoms with van der Waals surface area (Å²) in [5.74, 6) is 0.000579. The van der Waals surface area contributed by atoms with Gasteiger partial charge in [-0.2, -0.15) is 0 Å². The minimum Gasteiger partial charge on any atom is -0.370 e. The van der Waals surface area contributed by atoms with Gasteiger partial charge in [-0.15, -0.1) is 0 Å². The number of carbonyl (C=O) groups excluding carboxylic acids is 1. The lowest BCUT2D eigenvalue weighted by Gasteiger charge is -2.05. The van der Waals surface area contributed by atoms with Crippen molar-refractivity contribution in [1.82, 2.24) is 0 Å². The van der Waals surface area contributed by atoms with Crippen LogP contribution < -0.4 is 16.8 Å². The molecule has 0 saturated heterocycles. The highest BCUT2D eigenvalue weighted by molar-refractivity contribution is 5.88. The number of aryl methyl sites for hydroxylation is 2. The largest absolute Gasteiger partial charge is 0.370 e. The van der Waals surface area contributed by atoms with Crippen LogP contribution in [0.2, 0.25) is 0 Å². The van der Waals surface area contributed by atoms with Crippen LogP contribution in [-0.2, 0) is 17.6 Å². The summed E-state index contributed by atoms with van der Waals surface area (Å²) >= 11 is 0. The van der Waals surface area contributed by atoms with Gasteiger partial charge in [-0.25, -0.2) is 4.99 Å². The van der Waals surface area contributed by atoms with Crippen LogP contribution in [0.5, 0.6) is 0 Å². The SMILES string of the molecule is CC(=O)Nc1ccc(CCc2ccc(N=C(N)N)cc2)cc1. The van der Waals surface area contributed by atoms with Crippen LogP contribution >= 0.6 is 0 Å². The first-order valence-electron chi connectivity index (χ1n) is 7.08. The van der Waals surface area contributed by atoms with E-state index >= 15 is 0 Å². The van der Waals surface area contributed by atoms with Crippen molar-refractivity contribution >= 4 is 23.2 Å². The summed E-state index contributed by atoms with van der Waals surface area (Å²) in [6.07, 6.45) is 1.86. The van der Waals surface area contributed by atoms with E-state index in [-0.39, 0.29) is 11.9 Å². The van der Waals surface area contributed by atoms with Gasteiger partial charge in [-0.1, -0.05) is 24.3 Å². The van der Waals surface area contributed by atoms with Gasteiger partial charge in [-0.05, 0) is 48.2 Å². The van der Waals surface area contributed by atoms with Gasteiger partial charge in [0.1, 0.15) is 0 Å². The summed E-state index contributed by atoms with van der Waals surface area (Å²) in [7, 11) is 0. The summed E-state index contributed by atoms with van der Waals surface area (Å²) in [5, 5.41) is 2.76. The maximum absolute atomic E-state index is 11.0. The predicted octanol–water partition coefficient (Wildman–Crippen LogP) is 2.34. The molecule has 2 rings (SSSR count). The first-order valence-corrected chi connectivity index (χ1v) is 7.08. The van der Waals surface area contributed by atoms with Crippen LogP contribution in [0.4, 0.5) is 11.4 Å². The summed E-state index contributed by atoms with van der Waals surface area (Å²) in [6.45, 7) is 1.50. The predicted molar refractivity (Wildman–Crippen MR) is 90.1 cm³/mol. The monoisotopic (exact) mass is 296 g/mol. The van der Waals surface area contributed by atoms with Crippen molar-refractivity contribution in [1.29, 1.82) is 0 Å². The molecular formula is C17H20N4O. The lowest BCUT2D eigenvalue weighted by atomic mass is 10.0. The van der Waals surface area contributed by atoms with Crippen molar-refractivity contribution in [2.45, 2.75) is 19.8 Å². The Kier molecular flexibility index (Phi) is 5.14. The van der Waals surface area contributed by atoms with Crippen LogP contribution in [0.15, 0.2) is 53.5 Å². The molecule has 0 spiro atoms. The third-order valence-corrected chi connectivity index (χ3v) is 3.17. The number of nitrogens with one attached hydrogen (secondary N) is 1. The van der Waals surface area contributed by atoms with Crippen molar-refractivity contribution in [2.24, 2.45) is 16.5 Å². The fourth-order valence-electron chi connectivity index (χ4n) is 2.13.